The number of nitrogens with two attached hydrogens (primary N) is 1. The van der Waals surface area contributed by atoms with Crippen molar-refractivity contribution < 1.29 is 4.79 Å². The van der Waals surface area contributed by atoms with Gasteiger partial charge in [-0.1, -0.05) is 19.6 Å². The van der Waals surface area contributed by atoms with Gasteiger partial charge in [-0.3, -0.25) is 0 Å². The predicted octanol–water partition coefficient (Wildman–Crippen LogP) is -0.116. The van der Waals surface area contributed by atoms with Crippen LogP contribution in [0.25, 0.3) is 0 Å². The molecule has 3 nitrogen and oxygen atoms in total. The Kier molecular flexibility index (Phi) is 7.85. The van der Waals surface area contributed by atoms with Gasteiger partial charge < -0.3 is 11.1 Å². The van der Waals surface area contributed by atoms with Crippen LogP contribution in [0.4, 0.5) is 4.79 Å². The number of carbonyl (C=O) groups is 1. The quantitative estimate of drug-likeness (QED) is 0.581. The van der Waals surface area contributed by atoms with Crippen LogP contribution in [-0.4, -0.2) is 71.7 Å². The van der Waals surface area contributed by atoms with Crippen LogP contribution >= 0.6 is 0 Å². The molecule has 5 heteroatoms. The fourth-order valence-corrected chi connectivity index (χ4v) is 1.06. The minimum atomic E-state index is -1.13. The van der Waals surface area contributed by atoms with Gasteiger partial charge >= 0.3 is 57.4 Å². The second-order valence-corrected chi connectivity index (χ2v) is 8.75. The summed E-state index contributed by atoms with van der Waals surface area (Å²) in [5.74, 6) is 0. The zero-order valence-corrected chi connectivity index (χ0v) is 7.19. The summed E-state index contributed by atoms with van der Waals surface area (Å²) in [6.07, 6.45) is 0.766. The fraction of sp³-hybridized carbons (Fsp3) is 0.800. The van der Waals surface area contributed by atoms with E-state index in [1.165, 1.54) is 0 Å². The van der Waals surface area contributed by atoms with Gasteiger partial charge in [0.1, 0.15) is 0 Å². The third-order valence-electron chi connectivity index (χ3n) is 0.793. The molecule has 10 heavy (non-hydrogen) atoms. The van der Waals surface area contributed by atoms with E-state index in [0.717, 1.165) is 6.17 Å². The van der Waals surface area contributed by atoms with Gasteiger partial charge in [0.2, 0.25) is 0 Å². The summed E-state index contributed by atoms with van der Waals surface area (Å²) in [6, 6.07) is -0.419. The van der Waals surface area contributed by atoms with Gasteiger partial charge in [-0.05, 0) is 0 Å². The molecule has 0 unspecified atom stereocenters. The Balaban J connectivity index is 0. The van der Waals surface area contributed by atoms with E-state index in [9.17, 15) is 4.79 Å². The minimum absolute atomic E-state index is 0. The van der Waals surface area contributed by atoms with Gasteiger partial charge in [-0.15, -0.1) is 0 Å². The van der Waals surface area contributed by atoms with Crippen LogP contribution in [0.15, 0.2) is 0 Å². The van der Waals surface area contributed by atoms with Crippen LogP contribution in [0, 0.1) is 0 Å². The summed E-state index contributed by atoms with van der Waals surface area (Å²) < 4.78 is 0. The van der Waals surface area contributed by atoms with E-state index in [4.69, 9.17) is 5.73 Å². The number of rotatable bonds is 2. The van der Waals surface area contributed by atoms with E-state index in [0.29, 0.717) is 0 Å². The first-order valence-corrected chi connectivity index (χ1v) is 6.66. The molecule has 2 amide bonds. The van der Waals surface area contributed by atoms with Gasteiger partial charge in [0.25, 0.3) is 0 Å². The molecule has 0 aliphatic heterocycles. The van der Waals surface area contributed by atoms with E-state index >= 15 is 0 Å². The molecule has 0 aromatic carbocycles. The maximum atomic E-state index is 10.2. The second kappa shape index (κ2) is 5.73. The topological polar surface area (TPSA) is 55.1 Å². The number of hydrogen-bond acceptors (Lipinski definition) is 1. The predicted molar refractivity (Wildman–Crippen MR) is 48.1 cm³/mol. The summed E-state index contributed by atoms with van der Waals surface area (Å²) in [7, 11) is -1.13. The molecule has 0 heterocycles. The molecule has 56 valence electrons. The monoisotopic (exact) mass is 186 g/mol. The molecule has 0 radical (unpaired) electrons. The Bertz CT molecular complexity index is 113. The van der Waals surface area contributed by atoms with Crippen molar-refractivity contribution >= 4 is 65.5 Å². The molecule has 0 aromatic heterocycles. The molecule has 0 aliphatic carbocycles. The number of carbonyl (C=O) groups excluding carboxylic acids is 1. The average Bonchev–Trinajstić information content (AvgIpc) is 1.59. The third-order valence-corrected chi connectivity index (χ3v) is 2.03. The van der Waals surface area contributed by atoms with Crippen molar-refractivity contribution in [2.24, 2.45) is 5.73 Å². The first kappa shape index (κ1) is 13.7. The van der Waals surface area contributed by atoms with Crippen LogP contribution in [0.1, 0.15) is 0 Å². The zero-order chi connectivity index (χ0) is 7.49. The van der Waals surface area contributed by atoms with Gasteiger partial charge in [-0.2, -0.15) is 0 Å². The van der Waals surface area contributed by atoms with E-state index in [-0.39, 0.29) is 51.4 Å². The van der Waals surface area contributed by atoms with Crippen LogP contribution in [0.5, 0.6) is 0 Å². The Labute approximate surface area is 106 Å². The molecule has 0 bridgehead atoms. The van der Waals surface area contributed by atoms with Crippen molar-refractivity contribution in [2.45, 2.75) is 19.6 Å². The van der Waals surface area contributed by atoms with Crippen LogP contribution in [0.3, 0.4) is 0 Å². The van der Waals surface area contributed by atoms with Crippen molar-refractivity contribution in [2.75, 3.05) is 6.17 Å². The van der Waals surface area contributed by atoms with Crippen molar-refractivity contribution in [1.82, 2.24) is 5.32 Å². The Morgan fingerprint density at radius 3 is 2.00 bits per heavy atom. The third kappa shape index (κ3) is 11.9. The molecular formula is C5H15KN2OSi. The summed E-state index contributed by atoms with van der Waals surface area (Å²) in [4.78, 5) is 10.2. The zero-order valence-electron chi connectivity index (χ0n) is 6.19. The molecule has 0 saturated carbocycles. The summed E-state index contributed by atoms with van der Waals surface area (Å²) in [5.41, 5.74) is 4.87. The van der Waals surface area contributed by atoms with Gasteiger partial charge in [0, 0.05) is 6.17 Å². The molecular weight excluding hydrogens is 171 g/mol. The first-order chi connectivity index (χ1) is 3.92. The standard InChI is InChI=1S/C5H14N2OSi.K.H/c1-9(2,3)4-7-5(6)8;;/h4H2,1-3H3,(H3,6,7,8);;. The molecule has 0 spiro atoms. The molecule has 0 aromatic rings. The van der Waals surface area contributed by atoms with Crippen molar-refractivity contribution in [1.29, 1.82) is 0 Å². The van der Waals surface area contributed by atoms with E-state index in [2.05, 4.69) is 25.0 Å². The number of hydrogen-bond donors (Lipinski definition) is 2. The fourth-order valence-electron chi connectivity index (χ4n) is 0.352. The van der Waals surface area contributed by atoms with Crippen molar-refractivity contribution in [3.63, 3.8) is 0 Å². The van der Waals surface area contributed by atoms with E-state index < -0.39 is 14.1 Å². The molecule has 0 atom stereocenters. The van der Waals surface area contributed by atoms with Crippen molar-refractivity contribution in [3.8, 4) is 0 Å². The first-order valence-electron chi connectivity index (χ1n) is 2.95. The second-order valence-electron chi connectivity index (χ2n) is 3.28. The maximum absolute atomic E-state index is 10.2. The number of amides is 2. The summed E-state index contributed by atoms with van der Waals surface area (Å²) in [6.45, 7) is 6.51. The normalized spacial score (nSPS) is 9.90. The van der Waals surface area contributed by atoms with Crippen molar-refractivity contribution in [3.05, 3.63) is 0 Å². The SMILES string of the molecule is C[Si](C)(C)CNC(N)=O.[KH]. The van der Waals surface area contributed by atoms with Gasteiger partial charge in [0.15, 0.2) is 0 Å². The number of primary amides is 1. The summed E-state index contributed by atoms with van der Waals surface area (Å²) >= 11 is 0. The molecule has 0 rings (SSSR count). The van der Waals surface area contributed by atoms with Crippen LogP contribution in [-0.2, 0) is 0 Å². The Hall–Kier alpha value is 1.12. The Morgan fingerprint density at radius 1 is 1.50 bits per heavy atom. The Morgan fingerprint density at radius 2 is 1.90 bits per heavy atom. The number of nitrogens with one attached hydrogen (secondary N) is 1. The molecule has 0 fully saturated rings. The van der Waals surface area contributed by atoms with E-state index in [1.54, 1.807) is 0 Å². The molecule has 0 aliphatic rings. The molecule has 0 saturated heterocycles. The van der Waals surface area contributed by atoms with E-state index in [1.807, 2.05) is 0 Å². The van der Waals surface area contributed by atoms with Gasteiger partial charge in [0.05, 0.1) is 8.07 Å². The van der Waals surface area contributed by atoms with Gasteiger partial charge in [-0.25, -0.2) is 4.79 Å². The van der Waals surface area contributed by atoms with Crippen LogP contribution < -0.4 is 11.1 Å². The number of urea groups is 1. The van der Waals surface area contributed by atoms with Crippen LogP contribution in [0.2, 0.25) is 19.6 Å². The summed E-state index contributed by atoms with van der Waals surface area (Å²) in [5, 5.41) is 2.59. The average molecular weight is 186 g/mol. The molecule has 3 N–H and O–H groups in total.